The summed E-state index contributed by atoms with van der Waals surface area (Å²) in [7, 11) is 0. The minimum atomic E-state index is -0.928. The van der Waals surface area contributed by atoms with E-state index in [-0.39, 0.29) is 13.4 Å². The standard InChI is InChI=1S/C13H20O8/c1-7-12(20-9(3)15)13(21-10(4)16)11(19-6-18-7)5-17-8(2)14/h7,11-13H,5-6H2,1-4H3/t7-,11-,12+,13+/m0/s1. The minimum absolute atomic E-state index is 0.0946. The van der Waals surface area contributed by atoms with Crippen LogP contribution in [0.25, 0.3) is 0 Å². The van der Waals surface area contributed by atoms with Crippen LogP contribution in [0.2, 0.25) is 0 Å². The van der Waals surface area contributed by atoms with Crippen LogP contribution < -0.4 is 0 Å². The highest BCUT2D eigenvalue weighted by atomic mass is 16.7. The molecule has 8 nitrogen and oxygen atoms in total. The average molecular weight is 304 g/mol. The number of hydrogen-bond donors (Lipinski definition) is 0. The van der Waals surface area contributed by atoms with Crippen molar-refractivity contribution >= 4 is 17.9 Å². The predicted molar refractivity (Wildman–Crippen MR) is 68.0 cm³/mol. The molecule has 1 aliphatic rings. The smallest absolute Gasteiger partial charge is 0.303 e. The first kappa shape index (κ1) is 17.4. The Labute approximate surface area is 122 Å². The zero-order valence-electron chi connectivity index (χ0n) is 12.5. The van der Waals surface area contributed by atoms with Gasteiger partial charge in [-0.15, -0.1) is 0 Å². The Morgan fingerprint density at radius 2 is 1.52 bits per heavy atom. The van der Waals surface area contributed by atoms with Crippen molar-refractivity contribution in [2.75, 3.05) is 13.4 Å². The average Bonchev–Trinajstić information content (AvgIpc) is 2.48. The van der Waals surface area contributed by atoms with Crippen molar-refractivity contribution in [2.45, 2.75) is 52.1 Å². The molecule has 0 amide bonds. The first-order valence-corrected chi connectivity index (χ1v) is 6.52. The fraction of sp³-hybridized carbons (Fsp3) is 0.769. The molecule has 0 aliphatic carbocycles. The molecule has 1 heterocycles. The van der Waals surface area contributed by atoms with Gasteiger partial charge >= 0.3 is 17.9 Å². The third-order valence-electron chi connectivity index (χ3n) is 2.82. The van der Waals surface area contributed by atoms with E-state index >= 15 is 0 Å². The maximum absolute atomic E-state index is 11.3. The highest BCUT2D eigenvalue weighted by Crippen LogP contribution is 2.22. The summed E-state index contributed by atoms with van der Waals surface area (Å²) in [6, 6.07) is 0. The number of rotatable bonds is 4. The zero-order valence-corrected chi connectivity index (χ0v) is 12.5. The van der Waals surface area contributed by atoms with Gasteiger partial charge in [0.25, 0.3) is 0 Å². The first-order chi connectivity index (χ1) is 9.81. The zero-order chi connectivity index (χ0) is 16.0. The molecule has 0 saturated carbocycles. The first-order valence-electron chi connectivity index (χ1n) is 6.52. The highest BCUT2D eigenvalue weighted by Gasteiger charge is 2.42. The summed E-state index contributed by atoms with van der Waals surface area (Å²) in [5.74, 6) is -1.61. The fourth-order valence-electron chi connectivity index (χ4n) is 1.93. The predicted octanol–water partition coefficient (Wildman–Crippen LogP) is 0.174. The second-order valence-electron chi connectivity index (χ2n) is 4.65. The number of carbonyl (C=O) groups excluding carboxylic acids is 3. The second kappa shape index (κ2) is 7.94. The Balaban J connectivity index is 2.93. The summed E-state index contributed by atoms with van der Waals surface area (Å²) < 4.78 is 26.0. The van der Waals surface area contributed by atoms with Gasteiger partial charge in [0.2, 0.25) is 0 Å². The Hall–Kier alpha value is -1.67. The largest absolute Gasteiger partial charge is 0.463 e. The van der Waals surface area contributed by atoms with Crippen LogP contribution in [-0.2, 0) is 38.1 Å². The normalized spacial score (nSPS) is 29.1. The van der Waals surface area contributed by atoms with Crippen molar-refractivity contribution in [1.82, 2.24) is 0 Å². The molecule has 21 heavy (non-hydrogen) atoms. The van der Waals surface area contributed by atoms with Crippen LogP contribution in [0.15, 0.2) is 0 Å². The SMILES string of the molecule is CC(=O)OC[C@@H]1OCO[C@@H](C)[C@@H](OC(C)=O)[C@@H]1OC(C)=O. The van der Waals surface area contributed by atoms with E-state index in [9.17, 15) is 14.4 Å². The van der Waals surface area contributed by atoms with Gasteiger partial charge in [-0.25, -0.2) is 0 Å². The van der Waals surface area contributed by atoms with Gasteiger partial charge in [0.05, 0.1) is 6.10 Å². The van der Waals surface area contributed by atoms with Crippen LogP contribution in [0, 0.1) is 0 Å². The molecular formula is C13H20O8. The Kier molecular flexibility index (Phi) is 6.57. The van der Waals surface area contributed by atoms with Crippen LogP contribution in [-0.4, -0.2) is 55.7 Å². The summed E-state index contributed by atoms with van der Waals surface area (Å²) in [5, 5.41) is 0. The minimum Gasteiger partial charge on any atom is -0.463 e. The van der Waals surface area contributed by atoms with Gasteiger partial charge < -0.3 is 23.7 Å². The van der Waals surface area contributed by atoms with E-state index in [4.69, 9.17) is 23.7 Å². The van der Waals surface area contributed by atoms with E-state index in [2.05, 4.69) is 0 Å². The molecule has 1 rings (SSSR count). The molecule has 0 unspecified atom stereocenters. The van der Waals surface area contributed by atoms with Gasteiger partial charge in [-0.05, 0) is 6.92 Å². The van der Waals surface area contributed by atoms with Crippen molar-refractivity contribution in [3.8, 4) is 0 Å². The lowest BCUT2D eigenvalue weighted by atomic mass is 10.0. The number of hydrogen-bond acceptors (Lipinski definition) is 8. The molecular weight excluding hydrogens is 284 g/mol. The number of esters is 3. The third-order valence-corrected chi connectivity index (χ3v) is 2.82. The Bertz CT molecular complexity index is 394. The topological polar surface area (TPSA) is 97.4 Å². The van der Waals surface area contributed by atoms with Crippen molar-refractivity contribution in [1.29, 1.82) is 0 Å². The monoisotopic (exact) mass is 304 g/mol. The highest BCUT2D eigenvalue weighted by molar-refractivity contribution is 5.67. The van der Waals surface area contributed by atoms with E-state index in [1.165, 1.54) is 20.8 Å². The van der Waals surface area contributed by atoms with E-state index in [0.717, 1.165) is 0 Å². The number of carbonyl (C=O) groups is 3. The van der Waals surface area contributed by atoms with Crippen molar-refractivity contribution in [2.24, 2.45) is 0 Å². The molecule has 4 atom stereocenters. The summed E-state index contributed by atoms with van der Waals surface area (Å²) in [6.07, 6.45) is -3.11. The fourth-order valence-corrected chi connectivity index (χ4v) is 1.93. The van der Waals surface area contributed by atoms with Crippen LogP contribution in [0.1, 0.15) is 27.7 Å². The summed E-state index contributed by atoms with van der Waals surface area (Å²) in [5.41, 5.74) is 0. The lowest BCUT2D eigenvalue weighted by Gasteiger charge is -2.30. The van der Waals surface area contributed by atoms with Crippen LogP contribution >= 0.6 is 0 Å². The maximum atomic E-state index is 11.3. The van der Waals surface area contributed by atoms with Crippen molar-refractivity contribution in [3.05, 3.63) is 0 Å². The molecule has 0 radical (unpaired) electrons. The summed E-state index contributed by atoms with van der Waals surface area (Å²) in [4.78, 5) is 33.4. The van der Waals surface area contributed by atoms with Gasteiger partial charge in [0.1, 0.15) is 19.5 Å². The van der Waals surface area contributed by atoms with Crippen LogP contribution in [0.5, 0.6) is 0 Å². The lowest BCUT2D eigenvalue weighted by molar-refractivity contribution is -0.181. The van der Waals surface area contributed by atoms with Gasteiger partial charge in [-0.3, -0.25) is 14.4 Å². The van der Waals surface area contributed by atoms with Gasteiger partial charge in [-0.2, -0.15) is 0 Å². The third kappa shape index (κ3) is 5.68. The number of ether oxygens (including phenoxy) is 5. The molecule has 1 aliphatic heterocycles. The van der Waals surface area contributed by atoms with Crippen molar-refractivity contribution in [3.63, 3.8) is 0 Å². The molecule has 0 aromatic heterocycles. The van der Waals surface area contributed by atoms with E-state index in [0.29, 0.717) is 0 Å². The van der Waals surface area contributed by atoms with E-state index in [1.54, 1.807) is 6.92 Å². The van der Waals surface area contributed by atoms with Crippen LogP contribution in [0.3, 0.4) is 0 Å². The van der Waals surface area contributed by atoms with Gasteiger partial charge in [0.15, 0.2) is 12.2 Å². The lowest BCUT2D eigenvalue weighted by Crippen LogP contribution is -2.49. The molecule has 0 spiro atoms. The summed E-state index contributed by atoms with van der Waals surface area (Å²) >= 11 is 0. The molecule has 1 fully saturated rings. The maximum Gasteiger partial charge on any atom is 0.303 e. The molecule has 0 aromatic carbocycles. The van der Waals surface area contributed by atoms with Gasteiger partial charge in [-0.1, -0.05) is 0 Å². The molecule has 0 aromatic rings. The quantitative estimate of drug-likeness (QED) is 0.536. The van der Waals surface area contributed by atoms with E-state index in [1.807, 2.05) is 0 Å². The summed E-state index contributed by atoms with van der Waals surface area (Å²) in [6.45, 7) is 5.15. The second-order valence-corrected chi connectivity index (χ2v) is 4.65. The van der Waals surface area contributed by atoms with Gasteiger partial charge in [0, 0.05) is 20.8 Å². The van der Waals surface area contributed by atoms with Crippen molar-refractivity contribution < 1.29 is 38.1 Å². The Morgan fingerprint density at radius 3 is 2.05 bits per heavy atom. The molecule has 8 heteroatoms. The molecule has 0 bridgehead atoms. The molecule has 0 N–H and O–H groups in total. The molecule has 120 valence electrons. The molecule has 1 saturated heterocycles. The Morgan fingerprint density at radius 1 is 0.952 bits per heavy atom. The van der Waals surface area contributed by atoms with E-state index < -0.39 is 42.3 Å². The van der Waals surface area contributed by atoms with Crippen LogP contribution in [0.4, 0.5) is 0 Å².